The highest BCUT2D eigenvalue weighted by atomic mass is 19.1. The molecular formula is C17H24FN3O. The molecule has 1 aromatic rings. The molecule has 22 heavy (non-hydrogen) atoms. The van der Waals surface area contributed by atoms with Crippen molar-refractivity contribution in [1.29, 1.82) is 0 Å². The first-order valence-corrected chi connectivity index (χ1v) is 8.09. The van der Waals surface area contributed by atoms with E-state index >= 15 is 0 Å². The molecule has 2 fully saturated rings. The zero-order chi connectivity index (χ0) is 15.6. The van der Waals surface area contributed by atoms with Crippen molar-refractivity contribution in [1.82, 2.24) is 10.2 Å². The van der Waals surface area contributed by atoms with E-state index in [-0.39, 0.29) is 24.2 Å². The van der Waals surface area contributed by atoms with Gasteiger partial charge in [-0.25, -0.2) is 4.39 Å². The number of carbonyl (C=O) groups is 1. The lowest BCUT2D eigenvalue weighted by atomic mass is 9.77. The lowest BCUT2D eigenvalue weighted by Crippen LogP contribution is -2.46. The minimum Gasteiger partial charge on any atom is -0.342 e. The molecule has 1 aromatic carbocycles. The number of nitrogens with two attached hydrogens (primary N) is 1. The van der Waals surface area contributed by atoms with Gasteiger partial charge in [0, 0.05) is 26.2 Å². The minimum absolute atomic E-state index is 0.0786. The standard InChI is InChI=1S/C17H24FN3O/c18-14-3-1-13(2-4-14)15(11-19)16(22)21-9-6-17(7-10-21)5-8-20-12-17/h1-4,15,20H,5-12,19H2. The smallest absolute Gasteiger partial charge is 0.231 e. The number of rotatable bonds is 3. The van der Waals surface area contributed by atoms with Crippen molar-refractivity contribution in [3.8, 4) is 0 Å². The summed E-state index contributed by atoms with van der Waals surface area (Å²) in [6.45, 7) is 4.03. The Bertz CT molecular complexity index is 515. The Kier molecular flexibility index (Phi) is 4.45. The summed E-state index contributed by atoms with van der Waals surface area (Å²) in [6, 6.07) is 6.11. The van der Waals surface area contributed by atoms with Gasteiger partial charge in [0.2, 0.25) is 5.91 Å². The number of nitrogens with one attached hydrogen (secondary N) is 1. The number of carbonyl (C=O) groups excluding carboxylic acids is 1. The summed E-state index contributed by atoms with van der Waals surface area (Å²) in [4.78, 5) is 14.7. The molecule has 0 aromatic heterocycles. The van der Waals surface area contributed by atoms with Crippen molar-refractivity contribution < 1.29 is 9.18 Å². The van der Waals surface area contributed by atoms with Crippen molar-refractivity contribution in [2.45, 2.75) is 25.2 Å². The van der Waals surface area contributed by atoms with Crippen LogP contribution in [0.25, 0.3) is 0 Å². The predicted molar refractivity (Wildman–Crippen MR) is 83.9 cm³/mol. The highest BCUT2D eigenvalue weighted by Crippen LogP contribution is 2.37. The Morgan fingerprint density at radius 2 is 1.95 bits per heavy atom. The number of halogens is 1. The van der Waals surface area contributed by atoms with Crippen LogP contribution in [0.1, 0.15) is 30.7 Å². The van der Waals surface area contributed by atoms with Crippen LogP contribution in [0, 0.1) is 11.2 Å². The van der Waals surface area contributed by atoms with E-state index in [4.69, 9.17) is 5.73 Å². The number of likely N-dealkylation sites (tertiary alicyclic amines) is 1. The number of hydrogen-bond acceptors (Lipinski definition) is 3. The molecule has 1 atom stereocenters. The predicted octanol–water partition coefficient (Wildman–Crippen LogP) is 1.47. The van der Waals surface area contributed by atoms with Crippen LogP contribution in [0.2, 0.25) is 0 Å². The fraction of sp³-hybridized carbons (Fsp3) is 0.588. The molecule has 3 N–H and O–H groups in total. The molecule has 1 amide bonds. The van der Waals surface area contributed by atoms with E-state index in [2.05, 4.69) is 5.32 Å². The van der Waals surface area contributed by atoms with E-state index < -0.39 is 0 Å². The van der Waals surface area contributed by atoms with Crippen molar-refractivity contribution in [3.63, 3.8) is 0 Å². The quantitative estimate of drug-likeness (QED) is 0.889. The summed E-state index contributed by atoms with van der Waals surface area (Å²) in [6.07, 6.45) is 3.34. The second kappa shape index (κ2) is 6.34. The van der Waals surface area contributed by atoms with E-state index in [9.17, 15) is 9.18 Å². The van der Waals surface area contributed by atoms with Crippen molar-refractivity contribution in [3.05, 3.63) is 35.6 Å². The van der Waals surface area contributed by atoms with E-state index in [0.29, 0.717) is 5.41 Å². The molecule has 5 heteroatoms. The zero-order valence-corrected chi connectivity index (χ0v) is 12.9. The van der Waals surface area contributed by atoms with Gasteiger partial charge in [0.05, 0.1) is 5.92 Å². The van der Waals surface area contributed by atoms with Crippen LogP contribution in [-0.4, -0.2) is 43.5 Å². The number of hydrogen-bond donors (Lipinski definition) is 2. The molecule has 2 heterocycles. The first-order valence-electron chi connectivity index (χ1n) is 8.09. The maximum Gasteiger partial charge on any atom is 0.231 e. The van der Waals surface area contributed by atoms with Crippen molar-refractivity contribution >= 4 is 5.91 Å². The summed E-state index contributed by atoms with van der Waals surface area (Å²) in [5.41, 5.74) is 7.01. The molecule has 0 aliphatic carbocycles. The minimum atomic E-state index is -0.364. The summed E-state index contributed by atoms with van der Waals surface area (Å²) in [5.74, 6) is -0.577. The van der Waals surface area contributed by atoms with Gasteiger partial charge in [-0.1, -0.05) is 12.1 Å². The van der Waals surface area contributed by atoms with Crippen molar-refractivity contribution in [2.75, 3.05) is 32.7 Å². The van der Waals surface area contributed by atoms with Crippen LogP contribution >= 0.6 is 0 Å². The molecule has 0 radical (unpaired) electrons. The summed E-state index contributed by atoms with van der Waals surface area (Å²) in [7, 11) is 0. The van der Waals surface area contributed by atoms with E-state index in [0.717, 1.165) is 44.6 Å². The number of amides is 1. The fourth-order valence-electron chi connectivity index (χ4n) is 3.72. The molecule has 1 unspecified atom stereocenters. The van der Waals surface area contributed by atoms with Gasteiger partial charge in [0.1, 0.15) is 5.82 Å². The molecule has 2 saturated heterocycles. The zero-order valence-electron chi connectivity index (χ0n) is 12.9. The molecule has 0 bridgehead atoms. The largest absolute Gasteiger partial charge is 0.342 e. The molecule has 0 saturated carbocycles. The summed E-state index contributed by atoms with van der Waals surface area (Å²) >= 11 is 0. The molecule has 2 aliphatic rings. The lowest BCUT2D eigenvalue weighted by Gasteiger charge is -2.40. The Labute approximate surface area is 130 Å². The Hall–Kier alpha value is -1.46. The third-order valence-corrected chi connectivity index (χ3v) is 5.27. The van der Waals surface area contributed by atoms with Crippen molar-refractivity contribution in [2.24, 2.45) is 11.1 Å². The first kappa shape index (κ1) is 15.4. The second-order valence-corrected chi connectivity index (χ2v) is 6.59. The maximum absolute atomic E-state index is 13.0. The second-order valence-electron chi connectivity index (χ2n) is 6.59. The monoisotopic (exact) mass is 305 g/mol. The third-order valence-electron chi connectivity index (χ3n) is 5.27. The van der Waals surface area contributed by atoms with Crippen LogP contribution in [0.5, 0.6) is 0 Å². The van der Waals surface area contributed by atoms with Crippen LogP contribution < -0.4 is 11.1 Å². The molecule has 3 rings (SSSR count). The SMILES string of the molecule is NCC(C(=O)N1CCC2(CCNC2)CC1)c1ccc(F)cc1. The molecular weight excluding hydrogens is 281 g/mol. The maximum atomic E-state index is 13.0. The third kappa shape index (κ3) is 3.01. The van der Waals surface area contributed by atoms with E-state index in [1.807, 2.05) is 4.90 Å². The van der Waals surface area contributed by atoms with Gasteiger partial charge in [-0.3, -0.25) is 4.79 Å². The molecule has 2 aliphatic heterocycles. The number of benzene rings is 1. The van der Waals surface area contributed by atoms with Gasteiger partial charge >= 0.3 is 0 Å². The van der Waals surface area contributed by atoms with Crippen LogP contribution in [0.15, 0.2) is 24.3 Å². The molecule has 1 spiro atoms. The van der Waals surface area contributed by atoms with Crippen LogP contribution in [0.3, 0.4) is 0 Å². The highest BCUT2D eigenvalue weighted by Gasteiger charge is 2.39. The highest BCUT2D eigenvalue weighted by molar-refractivity contribution is 5.84. The van der Waals surface area contributed by atoms with Gasteiger partial charge in [0.25, 0.3) is 0 Å². The Morgan fingerprint density at radius 3 is 2.50 bits per heavy atom. The van der Waals surface area contributed by atoms with Gasteiger partial charge in [-0.2, -0.15) is 0 Å². The number of nitrogens with zero attached hydrogens (tertiary/aromatic N) is 1. The molecule has 4 nitrogen and oxygen atoms in total. The normalized spacial score (nSPS) is 22.0. The van der Waals surface area contributed by atoms with Gasteiger partial charge in [-0.15, -0.1) is 0 Å². The average molecular weight is 305 g/mol. The average Bonchev–Trinajstić information content (AvgIpc) is 2.98. The van der Waals surface area contributed by atoms with Gasteiger partial charge in [0.15, 0.2) is 0 Å². The lowest BCUT2D eigenvalue weighted by molar-refractivity contribution is -0.134. The summed E-state index contributed by atoms with van der Waals surface area (Å²) < 4.78 is 13.0. The Morgan fingerprint density at radius 1 is 1.27 bits per heavy atom. The topological polar surface area (TPSA) is 58.4 Å². The van der Waals surface area contributed by atoms with Crippen LogP contribution in [-0.2, 0) is 4.79 Å². The van der Waals surface area contributed by atoms with E-state index in [1.54, 1.807) is 12.1 Å². The fourth-order valence-corrected chi connectivity index (χ4v) is 3.72. The first-order chi connectivity index (χ1) is 10.6. The van der Waals surface area contributed by atoms with Gasteiger partial charge in [-0.05, 0) is 48.9 Å². The Balaban J connectivity index is 1.66. The van der Waals surface area contributed by atoms with Gasteiger partial charge < -0.3 is 16.0 Å². The van der Waals surface area contributed by atoms with Crippen LogP contribution in [0.4, 0.5) is 4.39 Å². The van der Waals surface area contributed by atoms with E-state index in [1.165, 1.54) is 18.6 Å². The molecule has 120 valence electrons. The summed E-state index contributed by atoms with van der Waals surface area (Å²) in [5, 5.41) is 3.43. The number of piperidine rings is 1.